The van der Waals surface area contributed by atoms with Crippen LogP contribution >= 0.6 is 0 Å². The van der Waals surface area contributed by atoms with Crippen molar-refractivity contribution in [2.75, 3.05) is 11.4 Å². The summed E-state index contributed by atoms with van der Waals surface area (Å²) in [7, 11) is 0. The predicted octanol–water partition coefficient (Wildman–Crippen LogP) is 4.48. The van der Waals surface area contributed by atoms with Crippen LogP contribution in [0.25, 0.3) is 11.4 Å². The maximum absolute atomic E-state index is 13.8. The second kappa shape index (κ2) is 8.12. The number of anilines is 1. The molecule has 140 valence electrons. The second-order valence-electron chi connectivity index (χ2n) is 6.42. The van der Waals surface area contributed by atoms with E-state index in [1.165, 1.54) is 6.07 Å². The standard InChI is InChI=1S/C21H22FN3O2/c1-4-25(18-13-14(2)9-10-15(18)3)20(26)12-11-19-23-21(24-27-19)16-7-5-6-8-17(16)22/h5-10,13H,4,11-12H2,1-3H3. The number of halogens is 1. The highest BCUT2D eigenvalue weighted by Gasteiger charge is 2.18. The van der Waals surface area contributed by atoms with Crippen molar-refractivity contribution in [3.8, 4) is 11.4 Å². The lowest BCUT2D eigenvalue weighted by Gasteiger charge is -2.23. The number of rotatable bonds is 6. The molecule has 3 rings (SSSR count). The van der Waals surface area contributed by atoms with Crippen molar-refractivity contribution in [1.29, 1.82) is 0 Å². The van der Waals surface area contributed by atoms with Gasteiger partial charge in [-0.25, -0.2) is 4.39 Å². The van der Waals surface area contributed by atoms with E-state index in [0.29, 0.717) is 18.9 Å². The van der Waals surface area contributed by atoms with Crippen molar-refractivity contribution >= 4 is 11.6 Å². The van der Waals surface area contributed by atoms with Gasteiger partial charge in [-0.1, -0.05) is 29.4 Å². The molecule has 2 aromatic carbocycles. The number of carbonyl (C=O) groups is 1. The molecule has 0 spiro atoms. The van der Waals surface area contributed by atoms with E-state index in [9.17, 15) is 9.18 Å². The van der Waals surface area contributed by atoms with Gasteiger partial charge in [-0.3, -0.25) is 4.79 Å². The van der Waals surface area contributed by atoms with Crippen LogP contribution < -0.4 is 4.90 Å². The predicted molar refractivity (Wildman–Crippen MR) is 102 cm³/mol. The number of hydrogen-bond acceptors (Lipinski definition) is 4. The molecular weight excluding hydrogens is 345 g/mol. The lowest BCUT2D eigenvalue weighted by molar-refractivity contribution is -0.118. The summed E-state index contributed by atoms with van der Waals surface area (Å²) in [4.78, 5) is 18.7. The van der Waals surface area contributed by atoms with Crippen LogP contribution in [-0.2, 0) is 11.2 Å². The third-order valence-corrected chi connectivity index (χ3v) is 4.41. The first-order chi connectivity index (χ1) is 13.0. The molecule has 3 aromatic rings. The summed E-state index contributed by atoms with van der Waals surface area (Å²) in [5.41, 5.74) is 3.35. The van der Waals surface area contributed by atoms with Crippen molar-refractivity contribution in [1.82, 2.24) is 10.1 Å². The maximum Gasteiger partial charge on any atom is 0.227 e. The molecule has 0 atom stereocenters. The smallest absolute Gasteiger partial charge is 0.227 e. The zero-order chi connectivity index (χ0) is 19.4. The number of aromatic nitrogens is 2. The van der Waals surface area contributed by atoms with Crippen LogP contribution in [0, 0.1) is 19.7 Å². The van der Waals surface area contributed by atoms with Crippen molar-refractivity contribution in [3.05, 3.63) is 65.3 Å². The first-order valence-electron chi connectivity index (χ1n) is 8.94. The van der Waals surface area contributed by atoms with Crippen LogP contribution in [0.3, 0.4) is 0 Å². The molecule has 0 fully saturated rings. The first kappa shape index (κ1) is 18.8. The van der Waals surface area contributed by atoms with E-state index in [1.807, 2.05) is 39.0 Å². The van der Waals surface area contributed by atoms with Crippen LogP contribution in [0.4, 0.5) is 10.1 Å². The first-order valence-corrected chi connectivity index (χ1v) is 8.94. The van der Waals surface area contributed by atoms with Gasteiger partial charge < -0.3 is 9.42 Å². The summed E-state index contributed by atoms with van der Waals surface area (Å²) < 4.78 is 19.0. The average Bonchev–Trinajstić information content (AvgIpc) is 3.12. The van der Waals surface area contributed by atoms with Crippen LogP contribution in [0.15, 0.2) is 47.0 Å². The van der Waals surface area contributed by atoms with Crippen molar-refractivity contribution in [3.63, 3.8) is 0 Å². The Labute approximate surface area is 157 Å². The van der Waals surface area contributed by atoms with Gasteiger partial charge in [-0.15, -0.1) is 0 Å². The zero-order valence-corrected chi connectivity index (χ0v) is 15.7. The minimum atomic E-state index is -0.409. The fourth-order valence-corrected chi connectivity index (χ4v) is 2.95. The molecule has 5 nitrogen and oxygen atoms in total. The molecular formula is C21H22FN3O2. The van der Waals surface area contributed by atoms with E-state index in [4.69, 9.17) is 4.52 Å². The van der Waals surface area contributed by atoms with Gasteiger partial charge in [0.2, 0.25) is 17.6 Å². The average molecular weight is 367 g/mol. The Morgan fingerprint density at radius 2 is 1.96 bits per heavy atom. The van der Waals surface area contributed by atoms with Gasteiger partial charge in [0.05, 0.1) is 5.56 Å². The summed E-state index contributed by atoms with van der Waals surface area (Å²) in [6, 6.07) is 12.3. The van der Waals surface area contributed by atoms with E-state index in [2.05, 4.69) is 10.1 Å². The minimum absolute atomic E-state index is 0.0168. The van der Waals surface area contributed by atoms with Gasteiger partial charge in [-0.2, -0.15) is 4.98 Å². The normalized spacial score (nSPS) is 10.8. The number of benzene rings is 2. The highest BCUT2D eigenvalue weighted by Crippen LogP contribution is 2.23. The third-order valence-electron chi connectivity index (χ3n) is 4.41. The van der Waals surface area contributed by atoms with Crippen molar-refractivity contribution < 1.29 is 13.7 Å². The Morgan fingerprint density at radius 3 is 2.70 bits per heavy atom. The van der Waals surface area contributed by atoms with E-state index >= 15 is 0 Å². The summed E-state index contributed by atoms with van der Waals surface area (Å²) in [5.74, 6) is 0.0842. The van der Waals surface area contributed by atoms with E-state index in [-0.39, 0.29) is 23.7 Å². The van der Waals surface area contributed by atoms with E-state index in [1.54, 1.807) is 23.1 Å². The summed E-state index contributed by atoms with van der Waals surface area (Å²) in [5, 5.41) is 3.82. The molecule has 1 aromatic heterocycles. The van der Waals surface area contributed by atoms with Gasteiger partial charge in [0.15, 0.2) is 0 Å². The molecule has 1 heterocycles. The minimum Gasteiger partial charge on any atom is -0.339 e. The van der Waals surface area contributed by atoms with Crippen LogP contribution in [0.2, 0.25) is 0 Å². The molecule has 0 saturated heterocycles. The van der Waals surface area contributed by atoms with E-state index < -0.39 is 5.82 Å². The number of carbonyl (C=O) groups excluding carboxylic acids is 1. The van der Waals surface area contributed by atoms with Gasteiger partial charge in [-0.05, 0) is 50.1 Å². The lowest BCUT2D eigenvalue weighted by Crippen LogP contribution is -2.31. The van der Waals surface area contributed by atoms with Gasteiger partial charge >= 0.3 is 0 Å². The van der Waals surface area contributed by atoms with Crippen LogP contribution in [-0.4, -0.2) is 22.6 Å². The molecule has 27 heavy (non-hydrogen) atoms. The van der Waals surface area contributed by atoms with Gasteiger partial charge in [0, 0.05) is 25.1 Å². The van der Waals surface area contributed by atoms with Gasteiger partial charge in [0.1, 0.15) is 5.82 Å². The van der Waals surface area contributed by atoms with Crippen LogP contribution in [0.5, 0.6) is 0 Å². The number of nitrogens with zero attached hydrogens (tertiary/aromatic N) is 3. The molecule has 0 aliphatic heterocycles. The third kappa shape index (κ3) is 4.22. The second-order valence-corrected chi connectivity index (χ2v) is 6.42. The summed E-state index contributed by atoms with van der Waals surface area (Å²) in [6.45, 7) is 6.52. The van der Waals surface area contributed by atoms with Crippen molar-refractivity contribution in [2.45, 2.75) is 33.6 Å². The Hall–Kier alpha value is -3.02. The lowest BCUT2D eigenvalue weighted by atomic mass is 10.1. The quantitative estimate of drug-likeness (QED) is 0.645. The Bertz CT molecular complexity index is 952. The molecule has 0 aliphatic carbocycles. The number of hydrogen-bond donors (Lipinski definition) is 0. The zero-order valence-electron chi connectivity index (χ0n) is 15.7. The molecule has 1 amide bonds. The fourth-order valence-electron chi connectivity index (χ4n) is 2.95. The van der Waals surface area contributed by atoms with Crippen molar-refractivity contribution in [2.24, 2.45) is 0 Å². The SMILES string of the molecule is CCN(C(=O)CCc1nc(-c2ccccc2F)no1)c1cc(C)ccc1C. The molecule has 0 bridgehead atoms. The highest BCUT2D eigenvalue weighted by molar-refractivity contribution is 5.94. The molecule has 0 radical (unpaired) electrons. The van der Waals surface area contributed by atoms with Crippen LogP contribution in [0.1, 0.15) is 30.4 Å². The Kier molecular flexibility index (Phi) is 5.64. The van der Waals surface area contributed by atoms with Gasteiger partial charge in [0.25, 0.3) is 0 Å². The molecule has 0 saturated carbocycles. The Morgan fingerprint density at radius 1 is 1.19 bits per heavy atom. The van der Waals surface area contributed by atoms with E-state index in [0.717, 1.165) is 16.8 Å². The molecule has 0 unspecified atom stereocenters. The fraction of sp³-hybridized carbons (Fsp3) is 0.286. The molecule has 6 heteroatoms. The largest absolute Gasteiger partial charge is 0.339 e. The highest BCUT2D eigenvalue weighted by atomic mass is 19.1. The monoisotopic (exact) mass is 367 g/mol. The Balaban J connectivity index is 1.70. The number of amides is 1. The summed E-state index contributed by atoms with van der Waals surface area (Å²) >= 11 is 0. The number of aryl methyl sites for hydroxylation is 3. The molecule has 0 aliphatic rings. The summed E-state index contributed by atoms with van der Waals surface area (Å²) in [6.07, 6.45) is 0.543. The molecule has 0 N–H and O–H groups in total. The topological polar surface area (TPSA) is 59.2 Å². The maximum atomic E-state index is 13.8.